The Kier molecular flexibility index (Phi) is 5.69. The number of hydrogen-bond acceptors (Lipinski definition) is 4. The van der Waals surface area contributed by atoms with Crippen molar-refractivity contribution in [2.24, 2.45) is 5.10 Å². The molecule has 0 heterocycles. The van der Waals surface area contributed by atoms with Crippen molar-refractivity contribution in [3.05, 3.63) is 64.7 Å². The summed E-state index contributed by atoms with van der Waals surface area (Å²) in [5.74, 6) is -0.535. The van der Waals surface area contributed by atoms with Crippen LogP contribution in [0.1, 0.15) is 28.2 Å². The maximum absolute atomic E-state index is 12.1. The molecule has 0 aliphatic carbocycles. The van der Waals surface area contributed by atoms with Crippen molar-refractivity contribution in [2.45, 2.75) is 19.8 Å². The Morgan fingerprint density at radius 2 is 1.96 bits per heavy atom. The maximum Gasteiger partial charge on any atom is 0.261 e. The van der Waals surface area contributed by atoms with Crippen LogP contribution in [0.25, 0.3) is 0 Å². The highest BCUT2D eigenvalue weighted by Gasteiger charge is 2.19. The minimum absolute atomic E-state index is 0.456. The molecule has 2 aromatic rings. The van der Waals surface area contributed by atoms with E-state index >= 15 is 0 Å². The number of nitrogens with zero attached hydrogens (tertiary/aromatic N) is 2. The highest BCUT2D eigenvalue weighted by atomic mass is 16.5. The topological polar surface area (TPSA) is 74.5 Å². The number of amides is 1. The van der Waals surface area contributed by atoms with Gasteiger partial charge in [0.25, 0.3) is 5.91 Å². The molecule has 0 unspecified atom stereocenters. The van der Waals surface area contributed by atoms with Crippen molar-refractivity contribution < 1.29 is 9.53 Å². The summed E-state index contributed by atoms with van der Waals surface area (Å²) in [6, 6.07) is 14.8. The fraction of sp³-hybridized carbons (Fsp3) is 0.211. The quantitative estimate of drug-likeness (QED) is 0.679. The first-order chi connectivity index (χ1) is 11.6. The number of aryl methyl sites for hydroxylation is 2. The van der Waals surface area contributed by atoms with Crippen LogP contribution in [-0.2, 0) is 4.79 Å². The van der Waals surface area contributed by atoms with Crippen LogP contribution in [0.15, 0.2) is 47.6 Å². The minimum atomic E-state index is -0.887. The molecule has 0 fully saturated rings. The number of ether oxygens (including phenoxy) is 1. The lowest BCUT2D eigenvalue weighted by Gasteiger charge is -2.09. The number of nitriles is 1. The van der Waals surface area contributed by atoms with Gasteiger partial charge >= 0.3 is 0 Å². The molecular formula is C19H19N3O2. The average Bonchev–Trinajstić information content (AvgIpc) is 2.59. The average molecular weight is 321 g/mol. The van der Waals surface area contributed by atoms with Crippen LogP contribution in [0, 0.1) is 25.2 Å². The predicted molar refractivity (Wildman–Crippen MR) is 93.0 cm³/mol. The van der Waals surface area contributed by atoms with Crippen molar-refractivity contribution in [3.63, 3.8) is 0 Å². The van der Waals surface area contributed by atoms with Crippen LogP contribution in [0.4, 0.5) is 0 Å². The summed E-state index contributed by atoms with van der Waals surface area (Å²) in [7, 11) is 1.63. The summed E-state index contributed by atoms with van der Waals surface area (Å²) >= 11 is 0. The first-order valence-corrected chi connectivity index (χ1v) is 7.49. The highest BCUT2D eigenvalue weighted by molar-refractivity contribution is 5.88. The number of hydrazone groups is 1. The Balaban J connectivity index is 2.10. The summed E-state index contributed by atoms with van der Waals surface area (Å²) in [6.07, 6.45) is 1.57. The van der Waals surface area contributed by atoms with E-state index in [1.54, 1.807) is 37.6 Å². The minimum Gasteiger partial charge on any atom is -0.496 e. The Labute approximate surface area is 141 Å². The van der Waals surface area contributed by atoms with Gasteiger partial charge in [0.1, 0.15) is 5.75 Å². The number of benzene rings is 2. The lowest BCUT2D eigenvalue weighted by Crippen LogP contribution is -2.24. The number of carbonyl (C=O) groups is 1. The Hall–Kier alpha value is -3.13. The molecule has 0 aliphatic rings. The van der Waals surface area contributed by atoms with Gasteiger partial charge in [-0.25, -0.2) is 5.43 Å². The van der Waals surface area contributed by atoms with Crippen molar-refractivity contribution in [1.82, 2.24) is 5.43 Å². The standard InChI is InChI=1S/C19H19N3O2/c1-13-10-18(24-3)14(2)9-16(13)12-21-22-19(23)17(11-20)15-7-5-4-6-8-15/h4-10,12,17H,1-3H3,(H,22,23)/b21-12-/t17-/m0/s1. The highest BCUT2D eigenvalue weighted by Crippen LogP contribution is 2.21. The van der Waals surface area contributed by atoms with Gasteiger partial charge in [0.05, 0.1) is 19.4 Å². The molecule has 0 spiro atoms. The summed E-state index contributed by atoms with van der Waals surface area (Å²) in [5.41, 5.74) is 5.92. The van der Waals surface area contributed by atoms with Gasteiger partial charge in [0.2, 0.25) is 0 Å². The van der Waals surface area contributed by atoms with E-state index in [-0.39, 0.29) is 0 Å². The van der Waals surface area contributed by atoms with Gasteiger partial charge in [0, 0.05) is 0 Å². The van der Waals surface area contributed by atoms with E-state index in [2.05, 4.69) is 10.5 Å². The predicted octanol–water partition coefficient (Wildman–Crippen LogP) is 3.07. The lowest BCUT2D eigenvalue weighted by atomic mass is 10.0. The normalized spacial score (nSPS) is 11.8. The largest absolute Gasteiger partial charge is 0.496 e. The number of hydrogen-bond donors (Lipinski definition) is 1. The number of rotatable bonds is 5. The molecule has 1 N–H and O–H groups in total. The zero-order valence-corrected chi connectivity index (χ0v) is 13.9. The van der Waals surface area contributed by atoms with Gasteiger partial charge in [-0.2, -0.15) is 10.4 Å². The van der Waals surface area contributed by atoms with E-state index in [4.69, 9.17) is 4.74 Å². The molecule has 0 aliphatic heterocycles. The second kappa shape index (κ2) is 7.93. The zero-order chi connectivity index (χ0) is 17.5. The molecule has 0 aromatic heterocycles. The smallest absolute Gasteiger partial charge is 0.261 e. The van der Waals surface area contributed by atoms with Crippen molar-refractivity contribution >= 4 is 12.1 Å². The summed E-state index contributed by atoms with van der Waals surface area (Å²) in [4.78, 5) is 12.1. The lowest BCUT2D eigenvalue weighted by molar-refractivity contribution is -0.121. The third-order valence-corrected chi connectivity index (χ3v) is 3.69. The van der Waals surface area contributed by atoms with E-state index in [1.165, 1.54) is 0 Å². The fourth-order valence-corrected chi connectivity index (χ4v) is 2.33. The molecule has 5 heteroatoms. The van der Waals surface area contributed by atoms with Crippen LogP contribution in [0.5, 0.6) is 5.75 Å². The van der Waals surface area contributed by atoms with E-state index in [0.717, 1.165) is 22.4 Å². The number of methoxy groups -OCH3 is 1. The van der Waals surface area contributed by atoms with Crippen LogP contribution < -0.4 is 10.2 Å². The Morgan fingerprint density at radius 3 is 2.58 bits per heavy atom. The molecule has 1 amide bonds. The van der Waals surface area contributed by atoms with E-state index < -0.39 is 11.8 Å². The van der Waals surface area contributed by atoms with Crippen molar-refractivity contribution in [1.29, 1.82) is 5.26 Å². The van der Waals surface area contributed by atoms with E-state index in [0.29, 0.717) is 5.56 Å². The zero-order valence-electron chi connectivity index (χ0n) is 13.9. The van der Waals surface area contributed by atoms with Gasteiger partial charge in [0.15, 0.2) is 5.92 Å². The van der Waals surface area contributed by atoms with Gasteiger partial charge < -0.3 is 4.74 Å². The molecule has 24 heavy (non-hydrogen) atoms. The molecule has 0 saturated heterocycles. The molecule has 2 rings (SSSR count). The maximum atomic E-state index is 12.1. The first kappa shape index (κ1) is 17.2. The summed E-state index contributed by atoms with van der Waals surface area (Å²) in [5, 5.41) is 13.2. The first-order valence-electron chi connectivity index (χ1n) is 7.49. The third-order valence-electron chi connectivity index (χ3n) is 3.69. The SMILES string of the molecule is COc1cc(C)c(/C=N\NC(=O)[C@@H](C#N)c2ccccc2)cc1C. The number of nitrogens with one attached hydrogen (secondary N) is 1. The van der Waals surface area contributed by atoms with Crippen LogP contribution in [0.3, 0.4) is 0 Å². The molecule has 0 saturated carbocycles. The van der Waals surface area contributed by atoms with Crippen molar-refractivity contribution in [2.75, 3.05) is 7.11 Å². The van der Waals surface area contributed by atoms with Gasteiger partial charge in [-0.05, 0) is 48.2 Å². The summed E-state index contributed by atoms with van der Waals surface area (Å²) in [6.45, 7) is 3.88. The van der Waals surface area contributed by atoms with Crippen LogP contribution >= 0.6 is 0 Å². The molecule has 0 bridgehead atoms. The van der Waals surface area contributed by atoms with Crippen LogP contribution in [0.2, 0.25) is 0 Å². The monoisotopic (exact) mass is 321 g/mol. The number of carbonyl (C=O) groups excluding carboxylic acids is 1. The Bertz CT molecular complexity index is 792. The Morgan fingerprint density at radius 1 is 1.25 bits per heavy atom. The van der Waals surface area contributed by atoms with E-state index in [1.807, 2.05) is 38.1 Å². The van der Waals surface area contributed by atoms with Gasteiger partial charge in [-0.1, -0.05) is 30.3 Å². The molecule has 2 aromatic carbocycles. The van der Waals surface area contributed by atoms with Gasteiger partial charge in [-0.3, -0.25) is 4.79 Å². The van der Waals surface area contributed by atoms with E-state index in [9.17, 15) is 10.1 Å². The van der Waals surface area contributed by atoms with Crippen molar-refractivity contribution in [3.8, 4) is 11.8 Å². The molecule has 0 radical (unpaired) electrons. The third kappa shape index (κ3) is 3.99. The van der Waals surface area contributed by atoms with Gasteiger partial charge in [-0.15, -0.1) is 0 Å². The molecule has 1 atom stereocenters. The fourth-order valence-electron chi connectivity index (χ4n) is 2.33. The molecule has 5 nitrogen and oxygen atoms in total. The second-order valence-electron chi connectivity index (χ2n) is 5.39. The molecular weight excluding hydrogens is 302 g/mol. The van der Waals surface area contributed by atoms with Crippen LogP contribution in [-0.4, -0.2) is 19.2 Å². The second-order valence-corrected chi connectivity index (χ2v) is 5.39. The summed E-state index contributed by atoms with van der Waals surface area (Å²) < 4.78 is 5.27. The molecule has 122 valence electrons.